The van der Waals surface area contributed by atoms with Crippen LogP contribution in [0.5, 0.6) is 0 Å². The molecule has 1 fully saturated rings. The molecule has 2 unspecified atom stereocenters. The highest BCUT2D eigenvalue weighted by Crippen LogP contribution is 2.29. The minimum Gasteiger partial charge on any atom is -0.214 e. The third-order valence-corrected chi connectivity index (χ3v) is 7.66. The Labute approximate surface area is 132 Å². The molecule has 0 spiro atoms. The minimum absolute atomic E-state index is 0.0468. The van der Waals surface area contributed by atoms with E-state index in [1.165, 1.54) is 35.6 Å². The molecule has 124 valence electrons. The van der Waals surface area contributed by atoms with Gasteiger partial charge in [0.2, 0.25) is 20.0 Å². The first-order valence-corrected chi connectivity index (χ1v) is 10.2. The monoisotopic (exact) mass is 346 g/mol. The number of piperidine rings is 1. The van der Waals surface area contributed by atoms with Crippen LogP contribution in [0.1, 0.15) is 33.1 Å². The molecule has 6 nitrogen and oxygen atoms in total. The van der Waals surface area contributed by atoms with Gasteiger partial charge in [0, 0.05) is 12.1 Å². The van der Waals surface area contributed by atoms with Crippen LogP contribution in [-0.2, 0) is 20.0 Å². The molecule has 8 heteroatoms. The van der Waals surface area contributed by atoms with Crippen molar-refractivity contribution in [2.75, 3.05) is 7.05 Å². The van der Waals surface area contributed by atoms with Gasteiger partial charge in [-0.3, -0.25) is 0 Å². The molecule has 0 aromatic heterocycles. The average Bonchev–Trinajstić information content (AvgIpc) is 2.47. The summed E-state index contributed by atoms with van der Waals surface area (Å²) in [5.74, 6) is 0. The van der Waals surface area contributed by atoms with Gasteiger partial charge in [0.05, 0.1) is 9.79 Å². The van der Waals surface area contributed by atoms with Gasteiger partial charge in [-0.1, -0.05) is 6.42 Å². The zero-order valence-corrected chi connectivity index (χ0v) is 14.6. The summed E-state index contributed by atoms with van der Waals surface area (Å²) in [6.45, 7) is 3.82. The molecular formula is C14H22N2O4S2. The Kier molecular flexibility index (Phi) is 4.96. The zero-order valence-electron chi connectivity index (χ0n) is 13.0. The maximum absolute atomic E-state index is 12.8. The van der Waals surface area contributed by atoms with Crippen molar-refractivity contribution in [2.24, 2.45) is 0 Å². The van der Waals surface area contributed by atoms with Crippen LogP contribution >= 0.6 is 0 Å². The highest BCUT2D eigenvalue weighted by atomic mass is 32.2. The van der Waals surface area contributed by atoms with Gasteiger partial charge >= 0.3 is 0 Å². The molecule has 1 aliphatic heterocycles. The van der Waals surface area contributed by atoms with Crippen LogP contribution in [0.2, 0.25) is 0 Å². The van der Waals surface area contributed by atoms with Crippen LogP contribution in [0.25, 0.3) is 0 Å². The molecule has 1 aromatic rings. The van der Waals surface area contributed by atoms with E-state index in [0.717, 1.165) is 19.3 Å². The van der Waals surface area contributed by atoms with Gasteiger partial charge in [-0.25, -0.2) is 21.6 Å². The lowest BCUT2D eigenvalue weighted by Crippen LogP contribution is -2.47. The summed E-state index contributed by atoms with van der Waals surface area (Å²) in [7, 11) is -5.86. The summed E-state index contributed by atoms with van der Waals surface area (Å²) < 4.78 is 52.7. The van der Waals surface area contributed by atoms with Gasteiger partial charge < -0.3 is 0 Å². The highest BCUT2D eigenvalue weighted by molar-refractivity contribution is 7.89. The van der Waals surface area contributed by atoms with E-state index in [4.69, 9.17) is 0 Å². The third-order valence-electron chi connectivity index (χ3n) is 4.09. The second kappa shape index (κ2) is 6.27. The summed E-state index contributed by atoms with van der Waals surface area (Å²) in [4.78, 5) is 0.178. The van der Waals surface area contributed by atoms with Crippen LogP contribution < -0.4 is 4.72 Å². The second-order valence-corrected chi connectivity index (χ2v) is 9.37. The number of sulfonamides is 2. The fourth-order valence-electron chi connectivity index (χ4n) is 2.90. The molecule has 22 heavy (non-hydrogen) atoms. The molecule has 1 aromatic carbocycles. The molecule has 2 rings (SSSR count). The molecule has 1 aliphatic rings. The molecule has 1 N–H and O–H groups in total. The lowest BCUT2D eigenvalue weighted by Gasteiger charge is -2.37. The summed E-state index contributed by atoms with van der Waals surface area (Å²) in [5, 5.41) is 0. The van der Waals surface area contributed by atoms with Crippen molar-refractivity contribution in [3.05, 3.63) is 24.3 Å². The maximum Gasteiger partial charge on any atom is 0.243 e. The first kappa shape index (κ1) is 17.4. The Morgan fingerprint density at radius 2 is 1.41 bits per heavy atom. The van der Waals surface area contributed by atoms with Gasteiger partial charge in [-0.05, 0) is 58.0 Å². The van der Waals surface area contributed by atoms with Crippen molar-refractivity contribution in [1.29, 1.82) is 0 Å². The van der Waals surface area contributed by atoms with Crippen LogP contribution in [0, 0.1) is 0 Å². The van der Waals surface area contributed by atoms with E-state index in [1.807, 2.05) is 13.8 Å². The molecule has 2 atom stereocenters. The number of hydrogen-bond acceptors (Lipinski definition) is 4. The van der Waals surface area contributed by atoms with Gasteiger partial charge in [-0.15, -0.1) is 0 Å². The van der Waals surface area contributed by atoms with Crippen molar-refractivity contribution in [3.63, 3.8) is 0 Å². The van der Waals surface area contributed by atoms with E-state index in [2.05, 4.69) is 4.72 Å². The van der Waals surface area contributed by atoms with Gasteiger partial charge in [0.1, 0.15) is 0 Å². The molecule has 0 radical (unpaired) electrons. The van der Waals surface area contributed by atoms with Crippen molar-refractivity contribution in [1.82, 2.24) is 9.03 Å². The highest BCUT2D eigenvalue weighted by Gasteiger charge is 2.35. The van der Waals surface area contributed by atoms with E-state index < -0.39 is 20.0 Å². The second-order valence-electron chi connectivity index (χ2n) is 5.64. The number of nitrogens with zero attached hydrogens (tertiary/aromatic N) is 1. The Hall–Kier alpha value is -0.960. The summed E-state index contributed by atoms with van der Waals surface area (Å²) in [6, 6.07) is 5.25. The number of nitrogens with one attached hydrogen (secondary N) is 1. The van der Waals surface area contributed by atoms with Crippen LogP contribution in [0.3, 0.4) is 0 Å². The van der Waals surface area contributed by atoms with Gasteiger partial charge in [0.25, 0.3) is 0 Å². The van der Waals surface area contributed by atoms with E-state index >= 15 is 0 Å². The number of hydrogen-bond donors (Lipinski definition) is 1. The minimum atomic E-state index is -3.61. The molecule has 0 aliphatic carbocycles. The first-order valence-electron chi connectivity index (χ1n) is 7.27. The molecule has 0 bridgehead atoms. The third kappa shape index (κ3) is 3.19. The van der Waals surface area contributed by atoms with E-state index in [-0.39, 0.29) is 21.9 Å². The van der Waals surface area contributed by atoms with E-state index in [9.17, 15) is 16.8 Å². The lowest BCUT2D eigenvalue weighted by molar-refractivity contribution is 0.204. The normalized spacial score (nSPS) is 24.3. The Morgan fingerprint density at radius 3 is 1.86 bits per heavy atom. The number of benzene rings is 1. The van der Waals surface area contributed by atoms with Crippen LogP contribution in [-0.4, -0.2) is 40.3 Å². The van der Waals surface area contributed by atoms with Gasteiger partial charge in [-0.2, -0.15) is 4.31 Å². The zero-order chi connectivity index (χ0) is 16.5. The summed E-state index contributed by atoms with van der Waals surface area (Å²) >= 11 is 0. The molecule has 1 saturated heterocycles. The van der Waals surface area contributed by atoms with E-state index in [1.54, 1.807) is 0 Å². The number of rotatable bonds is 4. The van der Waals surface area contributed by atoms with Crippen LogP contribution in [0.4, 0.5) is 0 Å². The first-order chi connectivity index (χ1) is 10.2. The largest absolute Gasteiger partial charge is 0.243 e. The smallest absolute Gasteiger partial charge is 0.214 e. The Morgan fingerprint density at radius 1 is 0.955 bits per heavy atom. The molecule has 1 heterocycles. The fraction of sp³-hybridized carbons (Fsp3) is 0.571. The van der Waals surface area contributed by atoms with Crippen molar-refractivity contribution >= 4 is 20.0 Å². The van der Waals surface area contributed by atoms with Crippen LogP contribution in [0.15, 0.2) is 34.1 Å². The summed E-state index contributed by atoms with van der Waals surface area (Å²) in [6.07, 6.45) is 2.71. The predicted octanol–water partition coefficient (Wildman–Crippen LogP) is 1.55. The van der Waals surface area contributed by atoms with E-state index in [0.29, 0.717) is 0 Å². The van der Waals surface area contributed by atoms with Crippen molar-refractivity contribution in [3.8, 4) is 0 Å². The topological polar surface area (TPSA) is 83.5 Å². The molecule has 0 saturated carbocycles. The van der Waals surface area contributed by atoms with Gasteiger partial charge in [0.15, 0.2) is 0 Å². The van der Waals surface area contributed by atoms with Crippen molar-refractivity contribution < 1.29 is 16.8 Å². The quantitative estimate of drug-likeness (QED) is 0.896. The fourth-order valence-corrected chi connectivity index (χ4v) is 5.51. The Balaban J connectivity index is 2.38. The Bertz CT molecular complexity index is 717. The standard InChI is InChI=1S/C14H22N2O4S2/c1-11-5-4-6-12(2)16(11)22(19,20)14-9-7-13(8-10-14)21(17,18)15-3/h7-12,15H,4-6H2,1-3H3. The predicted molar refractivity (Wildman–Crippen MR) is 84.5 cm³/mol. The molecular weight excluding hydrogens is 324 g/mol. The maximum atomic E-state index is 12.8. The molecule has 0 amide bonds. The summed E-state index contributed by atoms with van der Waals surface area (Å²) in [5.41, 5.74) is 0. The lowest BCUT2D eigenvalue weighted by atomic mass is 10.0. The average molecular weight is 346 g/mol. The van der Waals surface area contributed by atoms with Crippen molar-refractivity contribution in [2.45, 2.75) is 55.0 Å². The SMILES string of the molecule is CNS(=O)(=O)c1ccc(S(=O)(=O)N2C(C)CCCC2C)cc1.